The largest absolute Gasteiger partial charge is 0.329 e. The van der Waals surface area contributed by atoms with Crippen LogP contribution in [-0.4, -0.2) is 19.1 Å². The topological polar surface area (TPSA) is 38.0 Å². The summed E-state index contributed by atoms with van der Waals surface area (Å²) in [6, 6.07) is 0.753. The third kappa shape index (κ3) is 1.96. The zero-order chi connectivity index (χ0) is 7.40. The summed E-state index contributed by atoms with van der Waals surface area (Å²) in [5.41, 5.74) is 5.39. The Bertz CT molecular complexity index is 93.3. The maximum Gasteiger partial charge on any atom is 0.00932 e. The van der Waals surface area contributed by atoms with E-state index in [0.717, 1.165) is 25.0 Å². The normalized spacial score (nSPS) is 33.0. The quantitative estimate of drug-likeness (QED) is 0.609. The Labute approximate surface area is 63.2 Å². The molecule has 1 rings (SSSR count). The maximum absolute atomic E-state index is 5.39. The minimum absolute atomic E-state index is 0.753. The van der Waals surface area contributed by atoms with Crippen LogP contribution < -0.4 is 11.1 Å². The highest BCUT2D eigenvalue weighted by molar-refractivity contribution is 4.79. The van der Waals surface area contributed by atoms with Crippen molar-refractivity contribution in [3.8, 4) is 0 Å². The molecule has 2 atom stereocenters. The fourth-order valence-corrected chi connectivity index (χ4v) is 1.72. The van der Waals surface area contributed by atoms with Crippen LogP contribution in [0.3, 0.4) is 0 Å². The van der Waals surface area contributed by atoms with Crippen LogP contribution in [0.1, 0.15) is 26.2 Å². The predicted molar refractivity (Wildman–Crippen MR) is 43.9 cm³/mol. The van der Waals surface area contributed by atoms with Gasteiger partial charge in [-0.05, 0) is 18.8 Å². The lowest BCUT2D eigenvalue weighted by Gasteiger charge is -2.15. The second-order valence-corrected chi connectivity index (χ2v) is 3.26. The predicted octanol–water partition coefficient (Wildman–Crippen LogP) is 0.723. The lowest BCUT2D eigenvalue weighted by atomic mass is 10.1. The molecule has 2 nitrogen and oxygen atoms in total. The van der Waals surface area contributed by atoms with Crippen LogP contribution in [0.4, 0.5) is 0 Å². The smallest absolute Gasteiger partial charge is 0.00932 e. The first-order valence-corrected chi connectivity index (χ1v) is 4.28. The highest BCUT2D eigenvalue weighted by atomic mass is 14.9. The van der Waals surface area contributed by atoms with Gasteiger partial charge in [-0.25, -0.2) is 0 Å². The minimum Gasteiger partial charge on any atom is -0.329 e. The van der Waals surface area contributed by atoms with Crippen LogP contribution in [0.2, 0.25) is 0 Å². The lowest BCUT2D eigenvalue weighted by molar-refractivity contribution is 0.432. The van der Waals surface area contributed by atoms with Crippen LogP contribution in [0.5, 0.6) is 0 Å². The zero-order valence-electron chi connectivity index (χ0n) is 6.77. The lowest BCUT2D eigenvalue weighted by Crippen LogP contribution is -2.34. The van der Waals surface area contributed by atoms with Crippen LogP contribution in [0, 0.1) is 5.92 Å². The second-order valence-electron chi connectivity index (χ2n) is 3.26. The second kappa shape index (κ2) is 3.94. The van der Waals surface area contributed by atoms with E-state index < -0.39 is 0 Å². The number of nitrogens with two attached hydrogens (primary N) is 1. The van der Waals surface area contributed by atoms with E-state index in [1.165, 1.54) is 19.3 Å². The number of hydrogen-bond acceptors (Lipinski definition) is 2. The van der Waals surface area contributed by atoms with Crippen molar-refractivity contribution in [3.05, 3.63) is 0 Å². The fraction of sp³-hybridized carbons (Fsp3) is 1.00. The number of rotatable bonds is 3. The van der Waals surface area contributed by atoms with Crippen LogP contribution in [0.15, 0.2) is 0 Å². The van der Waals surface area contributed by atoms with Crippen molar-refractivity contribution in [1.29, 1.82) is 0 Å². The molecule has 0 amide bonds. The van der Waals surface area contributed by atoms with Gasteiger partial charge in [-0.3, -0.25) is 0 Å². The summed E-state index contributed by atoms with van der Waals surface area (Å²) < 4.78 is 0. The maximum atomic E-state index is 5.39. The standard InChI is InChI=1S/C8H18N2/c1-7-3-2-4-8(7)10-6-5-9/h7-8,10H,2-6,9H2,1H3. The Balaban J connectivity index is 2.14. The number of hydrogen-bond donors (Lipinski definition) is 2. The van der Waals surface area contributed by atoms with Crippen LogP contribution in [0.25, 0.3) is 0 Å². The van der Waals surface area contributed by atoms with Gasteiger partial charge < -0.3 is 11.1 Å². The van der Waals surface area contributed by atoms with E-state index in [1.807, 2.05) is 0 Å². The van der Waals surface area contributed by atoms with Gasteiger partial charge in [0.1, 0.15) is 0 Å². The third-order valence-corrected chi connectivity index (χ3v) is 2.41. The Morgan fingerprint density at radius 2 is 2.30 bits per heavy atom. The molecule has 0 heterocycles. The summed E-state index contributed by atoms with van der Waals surface area (Å²) >= 11 is 0. The summed E-state index contributed by atoms with van der Waals surface area (Å²) in [6.45, 7) is 4.07. The van der Waals surface area contributed by atoms with Crippen molar-refractivity contribution in [2.24, 2.45) is 11.7 Å². The monoisotopic (exact) mass is 142 g/mol. The van der Waals surface area contributed by atoms with Crippen LogP contribution in [-0.2, 0) is 0 Å². The fourth-order valence-electron chi connectivity index (χ4n) is 1.72. The molecule has 0 spiro atoms. The summed E-state index contributed by atoms with van der Waals surface area (Å²) in [5, 5.41) is 3.46. The summed E-state index contributed by atoms with van der Waals surface area (Å²) in [5.74, 6) is 0.867. The molecular formula is C8H18N2. The van der Waals surface area contributed by atoms with E-state index in [2.05, 4.69) is 12.2 Å². The Hall–Kier alpha value is -0.0800. The van der Waals surface area contributed by atoms with Crippen molar-refractivity contribution in [2.45, 2.75) is 32.2 Å². The highest BCUT2D eigenvalue weighted by Crippen LogP contribution is 2.24. The van der Waals surface area contributed by atoms with Crippen molar-refractivity contribution >= 4 is 0 Å². The van der Waals surface area contributed by atoms with Gasteiger partial charge in [0.05, 0.1) is 0 Å². The van der Waals surface area contributed by atoms with E-state index in [1.54, 1.807) is 0 Å². The molecule has 1 saturated carbocycles. The first kappa shape index (κ1) is 8.02. The Morgan fingerprint density at radius 1 is 1.50 bits per heavy atom. The molecule has 1 aliphatic rings. The first-order valence-electron chi connectivity index (χ1n) is 4.28. The molecule has 10 heavy (non-hydrogen) atoms. The minimum atomic E-state index is 0.753. The molecule has 0 aromatic carbocycles. The number of nitrogens with one attached hydrogen (secondary N) is 1. The van der Waals surface area contributed by atoms with E-state index in [-0.39, 0.29) is 0 Å². The van der Waals surface area contributed by atoms with Crippen molar-refractivity contribution in [1.82, 2.24) is 5.32 Å². The molecule has 3 N–H and O–H groups in total. The van der Waals surface area contributed by atoms with Gasteiger partial charge in [-0.15, -0.1) is 0 Å². The molecule has 1 fully saturated rings. The summed E-state index contributed by atoms with van der Waals surface area (Å²) in [7, 11) is 0. The van der Waals surface area contributed by atoms with Gasteiger partial charge in [0, 0.05) is 19.1 Å². The van der Waals surface area contributed by atoms with Gasteiger partial charge in [0.15, 0.2) is 0 Å². The average molecular weight is 142 g/mol. The molecule has 0 aromatic heterocycles. The third-order valence-electron chi connectivity index (χ3n) is 2.41. The molecule has 2 unspecified atom stereocenters. The van der Waals surface area contributed by atoms with E-state index in [0.29, 0.717) is 0 Å². The van der Waals surface area contributed by atoms with Crippen molar-refractivity contribution in [3.63, 3.8) is 0 Å². The molecule has 1 aliphatic carbocycles. The highest BCUT2D eigenvalue weighted by Gasteiger charge is 2.21. The van der Waals surface area contributed by atoms with Crippen molar-refractivity contribution in [2.75, 3.05) is 13.1 Å². The molecule has 0 bridgehead atoms. The molecule has 0 aromatic rings. The molecule has 0 aliphatic heterocycles. The Morgan fingerprint density at radius 3 is 2.80 bits per heavy atom. The molecule has 2 heteroatoms. The van der Waals surface area contributed by atoms with Crippen molar-refractivity contribution < 1.29 is 0 Å². The molecule has 0 saturated heterocycles. The van der Waals surface area contributed by atoms with E-state index in [4.69, 9.17) is 5.73 Å². The molecule has 60 valence electrons. The summed E-state index contributed by atoms with van der Waals surface area (Å²) in [6.07, 6.45) is 4.13. The molecule has 0 radical (unpaired) electrons. The van der Waals surface area contributed by atoms with Gasteiger partial charge in [0.2, 0.25) is 0 Å². The van der Waals surface area contributed by atoms with Gasteiger partial charge in [0.25, 0.3) is 0 Å². The van der Waals surface area contributed by atoms with Crippen LogP contribution >= 0.6 is 0 Å². The average Bonchev–Trinajstić information content (AvgIpc) is 2.31. The van der Waals surface area contributed by atoms with E-state index in [9.17, 15) is 0 Å². The first-order chi connectivity index (χ1) is 4.84. The van der Waals surface area contributed by atoms with E-state index >= 15 is 0 Å². The van der Waals surface area contributed by atoms with Gasteiger partial charge in [-0.1, -0.05) is 13.3 Å². The van der Waals surface area contributed by atoms with Gasteiger partial charge >= 0.3 is 0 Å². The zero-order valence-corrected chi connectivity index (χ0v) is 6.77. The SMILES string of the molecule is CC1CCCC1NCCN. The molecular weight excluding hydrogens is 124 g/mol. The van der Waals surface area contributed by atoms with Gasteiger partial charge in [-0.2, -0.15) is 0 Å². The summed E-state index contributed by atoms with van der Waals surface area (Å²) in [4.78, 5) is 0. The Kier molecular flexibility index (Phi) is 3.16.